The number of fused-ring (bicyclic) bond motifs is 1. The molecule has 4 rings (SSSR count). The maximum atomic E-state index is 13.6. The Balaban J connectivity index is 1.30. The van der Waals surface area contributed by atoms with E-state index in [4.69, 9.17) is 9.57 Å². The Hall–Kier alpha value is -2.47. The van der Waals surface area contributed by atoms with E-state index in [0.717, 1.165) is 12.8 Å². The number of nitrogens with zero attached hydrogens (tertiary/aromatic N) is 2. The third-order valence-corrected chi connectivity index (χ3v) is 4.91. The summed E-state index contributed by atoms with van der Waals surface area (Å²) < 4.78 is 19.4. The Morgan fingerprint density at radius 2 is 1.80 bits per heavy atom. The first-order chi connectivity index (χ1) is 12.2. The van der Waals surface area contributed by atoms with Gasteiger partial charge in [-0.1, -0.05) is 18.2 Å². The van der Waals surface area contributed by atoms with Gasteiger partial charge in [-0.15, -0.1) is 5.06 Å². The smallest absolute Gasteiger partial charge is 0.357 e. The van der Waals surface area contributed by atoms with Gasteiger partial charge < -0.3 is 9.57 Å². The molecule has 5 nitrogen and oxygen atoms in total. The number of halogens is 1. The van der Waals surface area contributed by atoms with Crippen molar-refractivity contribution in [1.82, 2.24) is 10.0 Å². The molecule has 25 heavy (non-hydrogen) atoms. The maximum absolute atomic E-state index is 13.6. The second-order valence-corrected chi connectivity index (χ2v) is 6.62. The van der Waals surface area contributed by atoms with Crippen molar-refractivity contribution in [2.45, 2.75) is 18.9 Å². The second kappa shape index (κ2) is 6.80. The molecule has 0 bridgehead atoms. The number of hydroxylamine groups is 2. The minimum absolute atomic E-state index is 0.0133. The van der Waals surface area contributed by atoms with Crippen LogP contribution in [0.1, 0.15) is 23.2 Å². The normalized spacial score (nSPS) is 25.6. The lowest BCUT2D eigenvalue weighted by atomic mass is 10.0. The van der Waals surface area contributed by atoms with E-state index in [1.54, 1.807) is 29.3 Å². The highest BCUT2D eigenvalue weighted by Gasteiger charge is 2.43. The molecule has 0 N–H and O–H groups in total. The molecular formula is C19H19FN2O3. The molecule has 2 aromatic rings. The van der Waals surface area contributed by atoms with Crippen LogP contribution in [0.4, 0.5) is 4.39 Å². The van der Waals surface area contributed by atoms with Crippen molar-refractivity contribution >= 4 is 5.97 Å². The van der Waals surface area contributed by atoms with Crippen LogP contribution < -0.4 is 4.74 Å². The summed E-state index contributed by atoms with van der Waals surface area (Å²) in [4.78, 5) is 21.2. The summed E-state index contributed by atoms with van der Waals surface area (Å²) in [5, 5.41) is 1.74. The highest BCUT2D eigenvalue weighted by molar-refractivity contribution is 5.89. The zero-order chi connectivity index (χ0) is 17.2. The molecule has 1 saturated heterocycles. The number of carbonyl (C=O) groups is 1. The lowest BCUT2D eigenvalue weighted by molar-refractivity contribution is -0.0991. The molecule has 1 saturated carbocycles. The minimum Gasteiger partial charge on any atom is -0.486 e. The quantitative estimate of drug-likeness (QED) is 0.799. The number of benzene rings is 1. The van der Waals surface area contributed by atoms with E-state index in [9.17, 15) is 9.18 Å². The van der Waals surface area contributed by atoms with Crippen LogP contribution in [0.2, 0.25) is 0 Å². The van der Waals surface area contributed by atoms with E-state index in [-0.39, 0.29) is 17.8 Å². The highest BCUT2D eigenvalue weighted by atomic mass is 19.1. The molecule has 3 atom stereocenters. The molecule has 2 aliphatic rings. The fourth-order valence-electron chi connectivity index (χ4n) is 3.76. The van der Waals surface area contributed by atoms with Gasteiger partial charge in [0.15, 0.2) is 5.75 Å². The van der Waals surface area contributed by atoms with E-state index in [0.29, 0.717) is 30.5 Å². The molecule has 0 unspecified atom stereocenters. The molecule has 130 valence electrons. The molecule has 1 aromatic heterocycles. The maximum Gasteiger partial charge on any atom is 0.357 e. The van der Waals surface area contributed by atoms with Gasteiger partial charge in [-0.05, 0) is 48.9 Å². The third kappa shape index (κ3) is 3.49. The Labute approximate surface area is 145 Å². The topological polar surface area (TPSA) is 51.7 Å². The zero-order valence-corrected chi connectivity index (χ0v) is 13.7. The number of hydrogen-bond acceptors (Lipinski definition) is 5. The van der Waals surface area contributed by atoms with Crippen molar-refractivity contribution in [1.29, 1.82) is 0 Å². The number of hydrogen-bond donors (Lipinski definition) is 0. The lowest BCUT2D eigenvalue weighted by Gasteiger charge is -2.19. The number of carbonyl (C=O) groups excluding carboxylic acids is 1. The van der Waals surface area contributed by atoms with Crippen molar-refractivity contribution in [2.24, 2.45) is 11.8 Å². The first-order valence-corrected chi connectivity index (χ1v) is 8.48. The molecule has 6 heteroatoms. The first-order valence-electron chi connectivity index (χ1n) is 8.48. The van der Waals surface area contributed by atoms with Gasteiger partial charge in [-0.3, -0.25) is 0 Å². The summed E-state index contributed by atoms with van der Waals surface area (Å²) in [5.74, 6) is 0.102. The summed E-state index contributed by atoms with van der Waals surface area (Å²) in [6, 6.07) is 12.2. The number of ether oxygens (including phenoxy) is 1. The summed E-state index contributed by atoms with van der Waals surface area (Å²) in [6.45, 7) is 1.39. The van der Waals surface area contributed by atoms with E-state index in [2.05, 4.69) is 4.98 Å². The molecule has 0 amide bonds. The SMILES string of the molecule is O=C(ON1C[C@H]2C[C@H](Oc3cccnc3F)C[C@H]2C1)c1ccccc1. The molecule has 2 fully saturated rings. The fraction of sp³-hybridized carbons (Fsp3) is 0.368. The Morgan fingerprint density at radius 1 is 1.08 bits per heavy atom. The van der Waals surface area contributed by atoms with Gasteiger partial charge in [0, 0.05) is 19.3 Å². The van der Waals surface area contributed by atoms with Crippen molar-refractivity contribution in [2.75, 3.05) is 13.1 Å². The van der Waals surface area contributed by atoms with Crippen LogP contribution in [0.5, 0.6) is 5.75 Å². The van der Waals surface area contributed by atoms with E-state index < -0.39 is 5.95 Å². The molecule has 1 aromatic carbocycles. The van der Waals surface area contributed by atoms with Gasteiger partial charge >= 0.3 is 5.97 Å². The van der Waals surface area contributed by atoms with E-state index in [1.165, 1.54) is 6.20 Å². The van der Waals surface area contributed by atoms with E-state index in [1.807, 2.05) is 18.2 Å². The van der Waals surface area contributed by atoms with Crippen LogP contribution >= 0.6 is 0 Å². The molecule has 1 aliphatic heterocycles. The van der Waals surface area contributed by atoms with Gasteiger partial charge in [0.05, 0.1) is 11.7 Å². The van der Waals surface area contributed by atoms with Crippen molar-refractivity contribution < 1.29 is 18.8 Å². The van der Waals surface area contributed by atoms with Gasteiger partial charge in [-0.25, -0.2) is 9.78 Å². The number of aromatic nitrogens is 1. The predicted octanol–water partition coefficient (Wildman–Crippen LogP) is 3.08. The standard InChI is InChI=1S/C19H19FN2O3/c20-18-17(7-4-8-21-18)24-16-9-14-11-22(12-15(14)10-16)25-19(23)13-5-2-1-3-6-13/h1-8,14-16H,9-12H2/t14-,15+,16+. The molecule has 2 heterocycles. The van der Waals surface area contributed by atoms with Gasteiger partial charge in [0.2, 0.25) is 0 Å². The molecule has 0 radical (unpaired) electrons. The molecule has 0 spiro atoms. The van der Waals surface area contributed by atoms with E-state index >= 15 is 0 Å². The van der Waals surface area contributed by atoms with Crippen LogP contribution in [0.15, 0.2) is 48.7 Å². The van der Waals surface area contributed by atoms with Gasteiger partial charge in [-0.2, -0.15) is 4.39 Å². The van der Waals surface area contributed by atoms with Crippen LogP contribution in [0.3, 0.4) is 0 Å². The fourth-order valence-corrected chi connectivity index (χ4v) is 3.76. The Kier molecular flexibility index (Phi) is 4.36. The van der Waals surface area contributed by atoms with Crippen molar-refractivity contribution in [3.8, 4) is 5.75 Å². The zero-order valence-electron chi connectivity index (χ0n) is 13.7. The monoisotopic (exact) mass is 342 g/mol. The highest BCUT2D eigenvalue weighted by Crippen LogP contribution is 2.40. The minimum atomic E-state index is -0.571. The number of pyridine rings is 1. The summed E-state index contributed by atoms with van der Waals surface area (Å²) >= 11 is 0. The first kappa shape index (κ1) is 16.0. The number of rotatable bonds is 4. The summed E-state index contributed by atoms with van der Waals surface area (Å²) in [7, 11) is 0. The predicted molar refractivity (Wildman–Crippen MR) is 88.3 cm³/mol. The summed E-state index contributed by atoms with van der Waals surface area (Å²) in [6.07, 6.45) is 3.06. The van der Waals surface area contributed by atoms with Gasteiger partial charge in [0.25, 0.3) is 5.95 Å². The van der Waals surface area contributed by atoms with Crippen molar-refractivity contribution in [3.63, 3.8) is 0 Å². The second-order valence-electron chi connectivity index (χ2n) is 6.62. The third-order valence-electron chi connectivity index (χ3n) is 4.91. The lowest BCUT2D eigenvalue weighted by Crippen LogP contribution is -2.27. The van der Waals surface area contributed by atoms with Crippen LogP contribution in [0, 0.1) is 17.8 Å². The molecule has 1 aliphatic carbocycles. The van der Waals surface area contributed by atoms with Gasteiger partial charge in [0.1, 0.15) is 0 Å². The van der Waals surface area contributed by atoms with Crippen LogP contribution in [0.25, 0.3) is 0 Å². The largest absolute Gasteiger partial charge is 0.486 e. The molecular weight excluding hydrogens is 323 g/mol. The Bertz CT molecular complexity index is 741. The summed E-state index contributed by atoms with van der Waals surface area (Å²) in [5.41, 5.74) is 0.549. The van der Waals surface area contributed by atoms with Crippen LogP contribution in [-0.2, 0) is 4.84 Å². The average Bonchev–Trinajstić information content (AvgIpc) is 3.15. The van der Waals surface area contributed by atoms with Crippen molar-refractivity contribution in [3.05, 3.63) is 60.2 Å². The Morgan fingerprint density at radius 3 is 2.48 bits per heavy atom. The average molecular weight is 342 g/mol. The van der Waals surface area contributed by atoms with Crippen LogP contribution in [-0.4, -0.2) is 35.2 Å².